The lowest BCUT2D eigenvalue weighted by molar-refractivity contribution is -0.118. The van der Waals surface area contributed by atoms with E-state index in [1.54, 1.807) is 32.4 Å². The molecule has 0 spiro atoms. The van der Waals surface area contributed by atoms with Gasteiger partial charge in [-0.15, -0.1) is 11.3 Å². The summed E-state index contributed by atoms with van der Waals surface area (Å²) in [5.74, 6) is -0.0316. The van der Waals surface area contributed by atoms with E-state index in [2.05, 4.69) is 20.3 Å². The molecular formula is C18H19N7O3S. The molecule has 2 N–H and O–H groups in total. The minimum absolute atomic E-state index is 0.245. The molecule has 11 heteroatoms. The predicted octanol–water partition coefficient (Wildman–Crippen LogP) is 1.40. The highest BCUT2D eigenvalue weighted by Crippen LogP contribution is 2.29. The number of hydrogen-bond donors (Lipinski definition) is 2. The Bertz CT molecular complexity index is 1050. The molecule has 1 aliphatic heterocycles. The second kappa shape index (κ2) is 7.26. The summed E-state index contributed by atoms with van der Waals surface area (Å²) in [5.41, 5.74) is 1.11. The number of rotatable bonds is 4. The zero-order valence-electron chi connectivity index (χ0n) is 16.0. The molecule has 150 valence electrons. The van der Waals surface area contributed by atoms with Crippen molar-refractivity contribution in [1.82, 2.24) is 24.4 Å². The van der Waals surface area contributed by atoms with Crippen LogP contribution in [0.2, 0.25) is 0 Å². The second-order valence-corrected chi connectivity index (χ2v) is 7.53. The first-order valence-electron chi connectivity index (χ1n) is 8.80. The van der Waals surface area contributed by atoms with Gasteiger partial charge in [-0.05, 0) is 19.1 Å². The highest BCUT2D eigenvalue weighted by molar-refractivity contribution is 7.13. The lowest BCUT2D eigenvalue weighted by Crippen LogP contribution is -2.52. The Morgan fingerprint density at radius 1 is 1.24 bits per heavy atom. The van der Waals surface area contributed by atoms with Crippen molar-refractivity contribution in [2.24, 2.45) is 0 Å². The number of aromatic nitrogens is 4. The smallest absolute Gasteiger partial charge is 0.277 e. The molecule has 2 atom stereocenters. The van der Waals surface area contributed by atoms with Crippen LogP contribution in [0.1, 0.15) is 23.5 Å². The largest absolute Gasteiger partial charge is 0.356 e. The summed E-state index contributed by atoms with van der Waals surface area (Å²) in [6.45, 7) is 1.67. The van der Waals surface area contributed by atoms with Crippen molar-refractivity contribution >= 4 is 34.8 Å². The topological polar surface area (TPSA) is 116 Å². The molecule has 0 aliphatic carbocycles. The number of aliphatic hydroxyl groups excluding tert-OH is 1. The summed E-state index contributed by atoms with van der Waals surface area (Å²) in [5, 5.41) is 15.6. The predicted molar refractivity (Wildman–Crippen MR) is 107 cm³/mol. The number of fused-ring (bicyclic) bond motifs is 1. The number of nitrogens with zero attached hydrogens (tertiary/aromatic N) is 6. The third-order valence-electron chi connectivity index (χ3n) is 4.81. The van der Waals surface area contributed by atoms with E-state index >= 15 is 0 Å². The van der Waals surface area contributed by atoms with Gasteiger partial charge in [0.05, 0.1) is 6.33 Å². The average Bonchev–Trinajstić information content (AvgIpc) is 3.41. The van der Waals surface area contributed by atoms with E-state index in [0.717, 1.165) is 10.6 Å². The van der Waals surface area contributed by atoms with E-state index < -0.39 is 18.3 Å². The summed E-state index contributed by atoms with van der Waals surface area (Å²) in [4.78, 5) is 40.7. The number of amides is 2. The summed E-state index contributed by atoms with van der Waals surface area (Å²) < 4.78 is 1.50. The van der Waals surface area contributed by atoms with Gasteiger partial charge < -0.3 is 19.9 Å². The number of imidazole rings is 1. The number of thiazole rings is 1. The van der Waals surface area contributed by atoms with Crippen LogP contribution in [0.3, 0.4) is 0 Å². The summed E-state index contributed by atoms with van der Waals surface area (Å²) in [7, 11) is 3.12. The molecule has 2 amide bonds. The maximum absolute atomic E-state index is 12.7. The molecule has 10 nitrogen and oxygen atoms in total. The van der Waals surface area contributed by atoms with Crippen molar-refractivity contribution in [1.29, 1.82) is 0 Å². The van der Waals surface area contributed by atoms with Gasteiger partial charge in [0, 0.05) is 37.4 Å². The van der Waals surface area contributed by atoms with Gasteiger partial charge in [-0.3, -0.25) is 14.5 Å². The minimum atomic E-state index is -1.11. The lowest BCUT2D eigenvalue weighted by atomic mass is 10.2. The molecule has 0 radical (unpaired) electrons. The number of pyridine rings is 1. The minimum Gasteiger partial charge on any atom is -0.356 e. The fraction of sp³-hybridized carbons (Fsp3) is 0.278. The van der Waals surface area contributed by atoms with Crippen LogP contribution in [0, 0.1) is 0 Å². The lowest BCUT2D eigenvalue weighted by Gasteiger charge is -2.36. The molecule has 0 saturated carbocycles. The first-order chi connectivity index (χ1) is 13.9. The molecule has 0 saturated heterocycles. The molecule has 1 unspecified atom stereocenters. The number of carbonyl (C=O) groups is 2. The van der Waals surface area contributed by atoms with Crippen molar-refractivity contribution in [3.05, 3.63) is 41.9 Å². The van der Waals surface area contributed by atoms with Gasteiger partial charge in [-0.25, -0.2) is 15.0 Å². The Labute approximate surface area is 170 Å². The third kappa shape index (κ3) is 3.23. The highest BCUT2D eigenvalue weighted by atomic mass is 32.1. The van der Waals surface area contributed by atoms with Gasteiger partial charge in [0.15, 0.2) is 11.5 Å². The zero-order valence-corrected chi connectivity index (χ0v) is 16.8. The Balaban J connectivity index is 1.54. The Hall–Kier alpha value is -3.31. The number of nitrogens with one attached hydrogen (secondary N) is 1. The summed E-state index contributed by atoms with van der Waals surface area (Å²) in [6, 6.07) is 2.82. The van der Waals surface area contributed by atoms with Gasteiger partial charge >= 0.3 is 0 Å². The van der Waals surface area contributed by atoms with Crippen molar-refractivity contribution in [2.75, 3.05) is 24.3 Å². The number of aliphatic hydroxyl groups is 1. The molecule has 3 aromatic rings. The van der Waals surface area contributed by atoms with Gasteiger partial charge in [0.2, 0.25) is 12.3 Å². The Morgan fingerprint density at radius 3 is 2.69 bits per heavy atom. The number of hydrogen-bond acceptors (Lipinski definition) is 8. The molecule has 4 rings (SSSR count). The van der Waals surface area contributed by atoms with Gasteiger partial charge in [-0.1, -0.05) is 0 Å². The van der Waals surface area contributed by atoms with Gasteiger partial charge in [-0.2, -0.15) is 0 Å². The number of carbonyl (C=O) groups excluding carboxylic acids is 2. The van der Waals surface area contributed by atoms with E-state index in [1.807, 2.05) is 11.4 Å². The second-order valence-electron chi connectivity index (χ2n) is 6.63. The fourth-order valence-electron chi connectivity index (χ4n) is 3.07. The van der Waals surface area contributed by atoms with Crippen LogP contribution >= 0.6 is 11.3 Å². The zero-order chi connectivity index (χ0) is 20.7. The van der Waals surface area contributed by atoms with Crippen LogP contribution in [0.4, 0.5) is 11.6 Å². The molecule has 1 aliphatic rings. The van der Waals surface area contributed by atoms with Crippen LogP contribution in [0.25, 0.3) is 10.6 Å². The molecule has 3 aromatic heterocycles. The first kappa shape index (κ1) is 19.0. The average molecular weight is 413 g/mol. The third-order valence-corrected chi connectivity index (χ3v) is 5.64. The summed E-state index contributed by atoms with van der Waals surface area (Å²) in [6.07, 6.45) is 3.68. The summed E-state index contributed by atoms with van der Waals surface area (Å²) >= 11 is 1.51. The normalized spacial score (nSPS) is 17.2. The number of anilines is 2. The Kier molecular flexibility index (Phi) is 4.76. The van der Waals surface area contributed by atoms with Crippen molar-refractivity contribution in [3.63, 3.8) is 0 Å². The van der Waals surface area contributed by atoms with E-state index in [4.69, 9.17) is 0 Å². The van der Waals surface area contributed by atoms with E-state index in [1.165, 1.54) is 39.1 Å². The van der Waals surface area contributed by atoms with Gasteiger partial charge in [0.25, 0.3) is 5.91 Å². The Morgan fingerprint density at radius 2 is 2.03 bits per heavy atom. The fourth-order valence-corrected chi connectivity index (χ4v) is 3.70. The quantitative estimate of drug-likeness (QED) is 0.664. The molecule has 4 heterocycles. The molecule has 0 fully saturated rings. The monoisotopic (exact) mass is 413 g/mol. The van der Waals surface area contributed by atoms with Crippen molar-refractivity contribution in [3.8, 4) is 10.6 Å². The van der Waals surface area contributed by atoms with E-state index in [0.29, 0.717) is 11.6 Å². The highest BCUT2D eigenvalue weighted by Gasteiger charge is 2.37. The van der Waals surface area contributed by atoms with Crippen molar-refractivity contribution < 1.29 is 14.7 Å². The maximum atomic E-state index is 12.7. The van der Waals surface area contributed by atoms with Crippen LogP contribution < -0.4 is 10.2 Å². The molecule has 29 heavy (non-hydrogen) atoms. The molecule has 0 aromatic carbocycles. The maximum Gasteiger partial charge on any atom is 0.277 e. The SMILES string of the molecule is C[C@H](C(=O)Nc1ccc(-c2nccs2)cn1)n1cnc2c1C(=O)N(C)C(O)N2C. The molecule has 0 bridgehead atoms. The van der Waals surface area contributed by atoms with Crippen LogP contribution in [-0.2, 0) is 4.79 Å². The van der Waals surface area contributed by atoms with Crippen LogP contribution in [0.5, 0.6) is 0 Å². The van der Waals surface area contributed by atoms with Crippen LogP contribution in [-0.4, -0.2) is 61.8 Å². The van der Waals surface area contributed by atoms with E-state index in [9.17, 15) is 14.7 Å². The van der Waals surface area contributed by atoms with Crippen molar-refractivity contribution in [2.45, 2.75) is 19.3 Å². The molecular weight excluding hydrogens is 394 g/mol. The van der Waals surface area contributed by atoms with Crippen LogP contribution in [0.15, 0.2) is 36.2 Å². The van der Waals surface area contributed by atoms with Gasteiger partial charge in [0.1, 0.15) is 16.9 Å². The van der Waals surface area contributed by atoms with E-state index in [-0.39, 0.29) is 11.6 Å². The first-order valence-corrected chi connectivity index (χ1v) is 9.68. The standard InChI is InChI=1S/C18H19N7O3S/c1-10(25-9-21-14-13(25)17(27)24(3)18(28)23(14)2)15(26)22-12-5-4-11(8-20-12)16-19-6-7-29-16/h4-10,18,28H,1-3H3,(H,20,22,26)/t10-,18?/m1/s1.